The molecule has 0 radical (unpaired) electrons. The molecule has 2 N–H and O–H groups in total. The lowest BCUT2D eigenvalue weighted by atomic mass is 9.93. The average Bonchev–Trinajstić information content (AvgIpc) is 2.50. The summed E-state index contributed by atoms with van der Waals surface area (Å²) in [7, 11) is 3.49. The number of nitrogens with zero attached hydrogens (tertiary/aromatic N) is 1. The van der Waals surface area contributed by atoms with Crippen LogP contribution in [0.15, 0.2) is 24.3 Å². The topological polar surface area (TPSA) is 47.7 Å². The number of methoxy groups -OCH3 is 2. The molecule has 0 aromatic heterocycles. The molecular weight excluding hydrogens is 252 g/mol. The first-order chi connectivity index (χ1) is 9.69. The van der Waals surface area contributed by atoms with Crippen LogP contribution in [0.4, 0.5) is 0 Å². The van der Waals surface area contributed by atoms with Gasteiger partial charge in [-0.3, -0.25) is 4.90 Å². The summed E-state index contributed by atoms with van der Waals surface area (Å²) in [6.45, 7) is 4.88. The number of piperidine rings is 1. The summed E-state index contributed by atoms with van der Waals surface area (Å²) in [5, 5.41) is 0. The van der Waals surface area contributed by atoms with Crippen molar-refractivity contribution in [2.45, 2.75) is 25.5 Å². The van der Waals surface area contributed by atoms with E-state index in [0.717, 1.165) is 25.3 Å². The first-order valence-electron chi connectivity index (χ1n) is 7.30. The lowest BCUT2D eigenvalue weighted by Gasteiger charge is -2.40. The molecule has 3 atom stereocenters. The molecule has 1 aromatic carbocycles. The van der Waals surface area contributed by atoms with Crippen LogP contribution < -0.4 is 10.5 Å². The lowest BCUT2D eigenvalue weighted by molar-refractivity contribution is -0.0183. The zero-order valence-electron chi connectivity index (χ0n) is 12.7. The third-order valence-electron chi connectivity index (χ3n) is 4.37. The zero-order valence-corrected chi connectivity index (χ0v) is 12.7. The van der Waals surface area contributed by atoms with Gasteiger partial charge in [0.25, 0.3) is 0 Å². The van der Waals surface area contributed by atoms with Gasteiger partial charge in [-0.2, -0.15) is 0 Å². The van der Waals surface area contributed by atoms with Gasteiger partial charge in [0.05, 0.1) is 13.2 Å². The van der Waals surface area contributed by atoms with E-state index in [2.05, 4.69) is 24.0 Å². The van der Waals surface area contributed by atoms with Gasteiger partial charge in [-0.25, -0.2) is 0 Å². The molecule has 1 heterocycles. The molecule has 1 aliphatic heterocycles. The van der Waals surface area contributed by atoms with Crippen LogP contribution in [0.3, 0.4) is 0 Å². The molecule has 2 rings (SSSR count). The van der Waals surface area contributed by atoms with E-state index < -0.39 is 0 Å². The van der Waals surface area contributed by atoms with E-state index >= 15 is 0 Å². The Balaban J connectivity index is 2.15. The minimum absolute atomic E-state index is 0.232. The van der Waals surface area contributed by atoms with Gasteiger partial charge in [-0.05, 0) is 36.6 Å². The van der Waals surface area contributed by atoms with Gasteiger partial charge in [0.1, 0.15) is 5.75 Å². The van der Waals surface area contributed by atoms with E-state index in [1.54, 1.807) is 14.2 Å². The molecule has 0 amide bonds. The maximum atomic E-state index is 6.03. The van der Waals surface area contributed by atoms with Gasteiger partial charge in [0, 0.05) is 26.2 Å². The molecule has 0 spiro atoms. The highest BCUT2D eigenvalue weighted by atomic mass is 16.5. The minimum Gasteiger partial charge on any atom is -0.497 e. The Morgan fingerprint density at radius 2 is 2.20 bits per heavy atom. The van der Waals surface area contributed by atoms with Crippen LogP contribution in [0.5, 0.6) is 5.75 Å². The molecule has 4 heteroatoms. The van der Waals surface area contributed by atoms with Crippen molar-refractivity contribution in [1.82, 2.24) is 4.90 Å². The fourth-order valence-corrected chi connectivity index (χ4v) is 2.99. The normalized spacial score (nSPS) is 25.4. The molecule has 1 saturated heterocycles. The Labute approximate surface area is 121 Å². The Bertz CT molecular complexity index is 425. The Morgan fingerprint density at radius 1 is 1.40 bits per heavy atom. The standard InChI is InChI=1S/C16H26N2O2/c1-12-7-8-18(11-16(12)20-3)15(10-17)13-5-4-6-14(9-13)19-2/h4-6,9,12,15-16H,7-8,10-11,17H2,1-3H3. The molecule has 3 unspecified atom stereocenters. The summed E-state index contributed by atoms with van der Waals surface area (Å²) in [6.07, 6.45) is 1.45. The molecule has 4 nitrogen and oxygen atoms in total. The SMILES string of the molecule is COc1cccc(C(CN)N2CCC(C)C(OC)C2)c1. The van der Waals surface area contributed by atoms with Crippen molar-refractivity contribution in [3.8, 4) is 5.75 Å². The third kappa shape index (κ3) is 3.32. The summed E-state index contributed by atoms with van der Waals surface area (Å²) in [4.78, 5) is 2.43. The van der Waals surface area contributed by atoms with Crippen molar-refractivity contribution in [2.75, 3.05) is 33.9 Å². The van der Waals surface area contributed by atoms with Gasteiger partial charge in [-0.1, -0.05) is 19.1 Å². The van der Waals surface area contributed by atoms with Crippen molar-refractivity contribution in [2.24, 2.45) is 11.7 Å². The van der Waals surface area contributed by atoms with Crippen molar-refractivity contribution in [3.05, 3.63) is 29.8 Å². The minimum atomic E-state index is 0.232. The second kappa shape index (κ2) is 7.07. The van der Waals surface area contributed by atoms with Crippen molar-refractivity contribution >= 4 is 0 Å². The van der Waals surface area contributed by atoms with Crippen LogP contribution >= 0.6 is 0 Å². The Morgan fingerprint density at radius 3 is 2.85 bits per heavy atom. The molecule has 112 valence electrons. The average molecular weight is 278 g/mol. The number of hydrogen-bond acceptors (Lipinski definition) is 4. The van der Waals surface area contributed by atoms with Crippen LogP contribution in [-0.2, 0) is 4.74 Å². The van der Waals surface area contributed by atoms with Gasteiger partial charge in [-0.15, -0.1) is 0 Å². The predicted octanol–water partition coefficient (Wildman–Crippen LogP) is 2.05. The predicted molar refractivity (Wildman–Crippen MR) is 80.9 cm³/mol. The Kier molecular flexibility index (Phi) is 5.40. The van der Waals surface area contributed by atoms with E-state index in [1.165, 1.54) is 5.56 Å². The third-order valence-corrected chi connectivity index (χ3v) is 4.37. The largest absolute Gasteiger partial charge is 0.497 e. The van der Waals surface area contributed by atoms with E-state index in [9.17, 15) is 0 Å². The van der Waals surface area contributed by atoms with E-state index in [4.69, 9.17) is 15.2 Å². The highest BCUT2D eigenvalue weighted by Crippen LogP contribution is 2.29. The van der Waals surface area contributed by atoms with Gasteiger partial charge >= 0.3 is 0 Å². The molecule has 1 aliphatic rings. The highest BCUT2D eigenvalue weighted by molar-refractivity contribution is 5.30. The second-order valence-corrected chi connectivity index (χ2v) is 5.56. The number of likely N-dealkylation sites (tertiary alicyclic amines) is 1. The number of hydrogen-bond donors (Lipinski definition) is 1. The van der Waals surface area contributed by atoms with Crippen LogP contribution in [0.2, 0.25) is 0 Å². The van der Waals surface area contributed by atoms with Crippen LogP contribution in [0.25, 0.3) is 0 Å². The fraction of sp³-hybridized carbons (Fsp3) is 0.625. The molecule has 0 saturated carbocycles. The number of rotatable bonds is 5. The Hall–Kier alpha value is -1.10. The van der Waals surface area contributed by atoms with Gasteiger partial charge in [0.2, 0.25) is 0 Å². The summed E-state index contributed by atoms with van der Waals surface area (Å²) < 4.78 is 10.9. The number of ether oxygens (including phenoxy) is 2. The summed E-state index contributed by atoms with van der Waals surface area (Å²) >= 11 is 0. The first kappa shape index (κ1) is 15.3. The lowest BCUT2D eigenvalue weighted by Crippen LogP contribution is -2.47. The van der Waals surface area contributed by atoms with E-state index in [0.29, 0.717) is 18.6 Å². The second-order valence-electron chi connectivity index (χ2n) is 5.56. The van der Waals surface area contributed by atoms with Crippen molar-refractivity contribution in [1.29, 1.82) is 0 Å². The van der Waals surface area contributed by atoms with Crippen LogP contribution in [0.1, 0.15) is 24.9 Å². The van der Waals surface area contributed by atoms with Gasteiger partial charge < -0.3 is 15.2 Å². The monoisotopic (exact) mass is 278 g/mol. The number of benzene rings is 1. The van der Waals surface area contributed by atoms with Crippen molar-refractivity contribution < 1.29 is 9.47 Å². The number of nitrogens with two attached hydrogens (primary N) is 1. The molecule has 0 bridgehead atoms. The van der Waals surface area contributed by atoms with Crippen LogP contribution in [-0.4, -0.2) is 44.9 Å². The van der Waals surface area contributed by atoms with Crippen molar-refractivity contribution in [3.63, 3.8) is 0 Å². The van der Waals surface area contributed by atoms with Gasteiger partial charge in [0.15, 0.2) is 0 Å². The summed E-state index contributed by atoms with van der Waals surface area (Å²) in [6, 6.07) is 8.43. The summed E-state index contributed by atoms with van der Waals surface area (Å²) in [5.41, 5.74) is 7.24. The fourth-order valence-electron chi connectivity index (χ4n) is 2.99. The smallest absolute Gasteiger partial charge is 0.119 e. The van der Waals surface area contributed by atoms with E-state index in [1.807, 2.05) is 12.1 Å². The molecule has 1 fully saturated rings. The molecular formula is C16H26N2O2. The maximum Gasteiger partial charge on any atom is 0.119 e. The summed E-state index contributed by atoms with van der Waals surface area (Å²) in [5.74, 6) is 1.50. The van der Waals surface area contributed by atoms with Crippen LogP contribution in [0, 0.1) is 5.92 Å². The maximum absolute atomic E-state index is 6.03. The zero-order chi connectivity index (χ0) is 14.5. The first-order valence-corrected chi connectivity index (χ1v) is 7.30. The van der Waals surface area contributed by atoms with E-state index in [-0.39, 0.29) is 6.04 Å². The molecule has 1 aromatic rings. The highest BCUT2D eigenvalue weighted by Gasteiger charge is 2.30. The molecule has 20 heavy (non-hydrogen) atoms. The quantitative estimate of drug-likeness (QED) is 0.895. The molecule has 0 aliphatic carbocycles.